The van der Waals surface area contributed by atoms with Gasteiger partial charge >= 0.3 is 0 Å². The molecule has 3 rings (SSSR count). The number of hydrogen-bond donors (Lipinski definition) is 1. The molecule has 146 valence electrons. The summed E-state index contributed by atoms with van der Waals surface area (Å²) in [5, 5.41) is 11.5. The predicted octanol–water partition coefficient (Wildman–Crippen LogP) is 1.64. The van der Waals surface area contributed by atoms with E-state index in [1.807, 2.05) is 11.0 Å². The third kappa shape index (κ3) is 4.72. The average molecular weight is 402 g/mol. The number of nitrogens with one attached hydrogen (secondary N) is 1. The Morgan fingerprint density at radius 3 is 2.21 bits per heavy atom. The fourth-order valence-electron chi connectivity index (χ4n) is 2.92. The van der Waals surface area contributed by atoms with Crippen LogP contribution in [0.1, 0.15) is 5.56 Å². The second-order valence-corrected chi connectivity index (χ2v) is 8.31. The lowest BCUT2D eigenvalue weighted by Crippen LogP contribution is -2.50. The highest BCUT2D eigenvalue weighted by atomic mass is 32.2. The molecule has 9 heteroatoms. The first-order valence-electron chi connectivity index (χ1n) is 8.66. The van der Waals surface area contributed by atoms with Gasteiger partial charge in [-0.25, -0.2) is 12.8 Å². The van der Waals surface area contributed by atoms with E-state index in [0.29, 0.717) is 24.3 Å². The summed E-state index contributed by atoms with van der Waals surface area (Å²) in [7, 11) is -3.67. The number of sulfonamides is 1. The monoisotopic (exact) mass is 402 g/mol. The van der Waals surface area contributed by atoms with Crippen LogP contribution in [-0.2, 0) is 14.8 Å². The number of halogens is 1. The second-order valence-electron chi connectivity index (χ2n) is 6.37. The minimum atomic E-state index is -3.67. The Hall–Kier alpha value is -2.80. The van der Waals surface area contributed by atoms with Crippen LogP contribution >= 0.6 is 0 Å². The summed E-state index contributed by atoms with van der Waals surface area (Å²) in [6.07, 6.45) is 0. The molecule has 2 aromatic rings. The third-order valence-corrected chi connectivity index (χ3v) is 6.36. The smallest absolute Gasteiger partial charge is 0.243 e. The molecule has 0 spiro atoms. The van der Waals surface area contributed by atoms with Crippen LogP contribution in [0.4, 0.5) is 10.1 Å². The van der Waals surface area contributed by atoms with Gasteiger partial charge in [-0.15, -0.1) is 0 Å². The molecule has 0 atom stereocenters. The van der Waals surface area contributed by atoms with Crippen LogP contribution in [0.25, 0.3) is 0 Å². The molecule has 2 aromatic carbocycles. The largest absolute Gasteiger partial charge is 0.325 e. The predicted molar refractivity (Wildman–Crippen MR) is 101 cm³/mol. The molecule has 1 amide bonds. The summed E-state index contributed by atoms with van der Waals surface area (Å²) in [5.41, 5.74) is 1.11. The maximum absolute atomic E-state index is 13.0. The molecule has 0 aromatic heterocycles. The van der Waals surface area contributed by atoms with E-state index in [4.69, 9.17) is 5.26 Å². The molecule has 0 aliphatic carbocycles. The van der Waals surface area contributed by atoms with Gasteiger partial charge in [0.2, 0.25) is 15.9 Å². The Labute approximate surface area is 163 Å². The Bertz CT molecular complexity index is 977. The number of nitrogens with zero attached hydrogens (tertiary/aromatic N) is 3. The topological polar surface area (TPSA) is 93.5 Å². The Balaban J connectivity index is 1.52. The van der Waals surface area contributed by atoms with Gasteiger partial charge in [-0.05, 0) is 48.5 Å². The lowest BCUT2D eigenvalue weighted by molar-refractivity contribution is -0.117. The van der Waals surface area contributed by atoms with E-state index in [1.165, 1.54) is 16.4 Å². The molecule has 0 bridgehead atoms. The van der Waals surface area contributed by atoms with E-state index < -0.39 is 15.8 Å². The number of benzene rings is 2. The van der Waals surface area contributed by atoms with E-state index in [9.17, 15) is 17.6 Å². The molecular formula is C19H19FN4O3S. The normalized spacial score (nSPS) is 15.7. The fraction of sp³-hybridized carbons (Fsp3) is 0.263. The number of piperazine rings is 1. The Kier molecular flexibility index (Phi) is 6.04. The molecule has 0 saturated carbocycles. The zero-order valence-electron chi connectivity index (χ0n) is 15.0. The molecule has 1 heterocycles. The molecule has 0 radical (unpaired) electrons. The van der Waals surface area contributed by atoms with Crippen LogP contribution in [0, 0.1) is 17.1 Å². The molecule has 1 aliphatic heterocycles. The number of rotatable bonds is 5. The van der Waals surface area contributed by atoms with Crippen molar-refractivity contribution in [2.75, 3.05) is 38.0 Å². The highest BCUT2D eigenvalue weighted by Crippen LogP contribution is 2.18. The molecule has 1 saturated heterocycles. The number of carbonyl (C=O) groups is 1. The molecule has 1 aliphatic rings. The first-order valence-corrected chi connectivity index (χ1v) is 10.1. The Morgan fingerprint density at radius 2 is 1.64 bits per heavy atom. The zero-order chi connectivity index (χ0) is 20.1. The van der Waals surface area contributed by atoms with Crippen molar-refractivity contribution in [1.82, 2.24) is 9.21 Å². The SMILES string of the molecule is N#Cc1ccc(NC(=O)CN2CCN(S(=O)(=O)c3ccc(F)cc3)CC2)cc1. The maximum atomic E-state index is 13.0. The van der Waals surface area contributed by atoms with E-state index in [-0.39, 0.29) is 30.4 Å². The zero-order valence-corrected chi connectivity index (χ0v) is 15.8. The van der Waals surface area contributed by atoms with E-state index in [2.05, 4.69) is 5.32 Å². The number of hydrogen-bond acceptors (Lipinski definition) is 5. The molecule has 1 N–H and O–H groups in total. The van der Waals surface area contributed by atoms with Crippen LogP contribution in [0.2, 0.25) is 0 Å². The number of amides is 1. The summed E-state index contributed by atoms with van der Waals surface area (Å²) in [4.78, 5) is 14.1. The Morgan fingerprint density at radius 1 is 1.04 bits per heavy atom. The van der Waals surface area contributed by atoms with Crippen molar-refractivity contribution in [3.05, 3.63) is 59.9 Å². The van der Waals surface area contributed by atoms with Gasteiger partial charge in [0.15, 0.2) is 0 Å². The van der Waals surface area contributed by atoms with Crippen molar-refractivity contribution in [2.24, 2.45) is 0 Å². The van der Waals surface area contributed by atoms with Gasteiger partial charge < -0.3 is 5.32 Å². The lowest BCUT2D eigenvalue weighted by atomic mass is 10.2. The third-order valence-electron chi connectivity index (χ3n) is 4.45. The fourth-order valence-corrected chi connectivity index (χ4v) is 4.34. The number of nitriles is 1. The molecule has 7 nitrogen and oxygen atoms in total. The minimum absolute atomic E-state index is 0.0564. The summed E-state index contributed by atoms with van der Waals surface area (Å²) in [6, 6.07) is 13.3. The molecule has 1 fully saturated rings. The second kappa shape index (κ2) is 8.48. The summed E-state index contributed by atoms with van der Waals surface area (Å²) >= 11 is 0. The van der Waals surface area contributed by atoms with E-state index in [0.717, 1.165) is 12.1 Å². The van der Waals surface area contributed by atoms with Gasteiger partial charge in [0, 0.05) is 31.9 Å². The van der Waals surface area contributed by atoms with Crippen molar-refractivity contribution in [2.45, 2.75) is 4.90 Å². The first kappa shape index (κ1) is 19.9. The maximum Gasteiger partial charge on any atom is 0.243 e. The van der Waals surface area contributed by atoms with E-state index >= 15 is 0 Å². The average Bonchev–Trinajstić information content (AvgIpc) is 2.69. The van der Waals surface area contributed by atoms with Crippen molar-refractivity contribution in [1.29, 1.82) is 5.26 Å². The van der Waals surface area contributed by atoms with Crippen molar-refractivity contribution >= 4 is 21.6 Å². The summed E-state index contributed by atoms with van der Waals surface area (Å²) < 4.78 is 39.6. The van der Waals surface area contributed by atoms with Gasteiger partial charge in [-0.1, -0.05) is 0 Å². The van der Waals surface area contributed by atoms with Crippen LogP contribution < -0.4 is 5.32 Å². The molecule has 0 unspecified atom stereocenters. The van der Waals surface area contributed by atoms with Gasteiger partial charge in [0.25, 0.3) is 0 Å². The summed E-state index contributed by atoms with van der Waals surface area (Å²) in [5.74, 6) is -0.698. The van der Waals surface area contributed by atoms with Crippen molar-refractivity contribution in [3.63, 3.8) is 0 Å². The minimum Gasteiger partial charge on any atom is -0.325 e. The van der Waals surface area contributed by atoms with Crippen LogP contribution in [0.15, 0.2) is 53.4 Å². The van der Waals surface area contributed by atoms with Crippen molar-refractivity contribution in [3.8, 4) is 6.07 Å². The number of carbonyl (C=O) groups excluding carboxylic acids is 1. The van der Waals surface area contributed by atoms with Crippen LogP contribution in [-0.4, -0.2) is 56.3 Å². The van der Waals surface area contributed by atoms with Gasteiger partial charge in [-0.2, -0.15) is 9.57 Å². The molecular weight excluding hydrogens is 383 g/mol. The van der Waals surface area contributed by atoms with Crippen LogP contribution in [0.3, 0.4) is 0 Å². The van der Waals surface area contributed by atoms with Crippen molar-refractivity contribution < 1.29 is 17.6 Å². The lowest BCUT2D eigenvalue weighted by Gasteiger charge is -2.33. The highest BCUT2D eigenvalue weighted by molar-refractivity contribution is 7.89. The van der Waals surface area contributed by atoms with Gasteiger partial charge in [0.05, 0.1) is 23.1 Å². The highest BCUT2D eigenvalue weighted by Gasteiger charge is 2.29. The van der Waals surface area contributed by atoms with Crippen LogP contribution in [0.5, 0.6) is 0 Å². The first-order chi connectivity index (χ1) is 13.4. The summed E-state index contributed by atoms with van der Waals surface area (Å²) in [6.45, 7) is 1.49. The van der Waals surface area contributed by atoms with E-state index in [1.54, 1.807) is 24.3 Å². The quantitative estimate of drug-likeness (QED) is 0.821. The standard InChI is InChI=1S/C19H19FN4O3S/c20-16-3-7-18(8-4-16)28(26,27)24-11-9-23(10-12-24)14-19(25)22-17-5-1-15(13-21)2-6-17/h1-8H,9-12,14H2,(H,22,25). The number of anilines is 1. The van der Waals surface area contributed by atoms with Gasteiger partial charge in [0.1, 0.15) is 5.82 Å². The molecule has 28 heavy (non-hydrogen) atoms. The van der Waals surface area contributed by atoms with Gasteiger partial charge in [-0.3, -0.25) is 9.69 Å².